The summed E-state index contributed by atoms with van der Waals surface area (Å²) in [6, 6.07) is -0.182. The van der Waals surface area contributed by atoms with Crippen LogP contribution in [0.5, 0.6) is 0 Å². The van der Waals surface area contributed by atoms with Crippen molar-refractivity contribution in [1.82, 2.24) is 5.32 Å². The van der Waals surface area contributed by atoms with Gasteiger partial charge in [0.2, 0.25) is 5.91 Å². The van der Waals surface area contributed by atoms with Crippen molar-refractivity contribution in [3.8, 4) is 0 Å². The van der Waals surface area contributed by atoms with E-state index in [0.717, 1.165) is 32.1 Å². The highest BCUT2D eigenvalue weighted by Crippen LogP contribution is 2.38. The molecule has 2 aliphatic rings. The van der Waals surface area contributed by atoms with Gasteiger partial charge in [0, 0.05) is 12.0 Å². The summed E-state index contributed by atoms with van der Waals surface area (Å²) < 4.78 is 0. The lowest BCUT2D eigenvalue weighted by Gasteiger charge is -2.31. The third kappa shape index (κ3) is 1.81. The summed E-state index contributed by atoms with van der Waals surface area (Å²) in [7, 11) is 0. The molecule has 90 valence electrons. The minimum Gasteiger partial charge on any atom is -0.481 e. The van der Waals surface area contributed by atoms with E-state index in [2.05, 4.69) is 5.32 Å². The van der Waals surface area contributed by atoms with Crippen LogP contribution < -0.4 is 5.32 Å². The van der Waals surface area contributed by atoms with E-state index in [1.54, 1.807) is 6.92 Å². The Hall–Kier alpha value is -1.06. The molecule has 2 unspecified atom stereocenters. The van der Waals surface area contributed by atoms with Gasteiger partial charge < -0.3 is 10.4 Å². The summed E-state index contributed by atoms with van der Waals surface area (Å²) in [5.41, 5.74) is -0.764. The summed E-state index contributed by atoms with van der Waals surface area (Å²) in [6.07, 6.45) is 5.39. The summed E-state index contributed by atoms with van der Waals surface area (Å²) in [5, 5.41) is 12.1. The van der Waals surface area contributed by atoms with E-state index in [4.69, 9.17) is 0 Å². The smallest absolute Gasteiger partial charge is 0.311 e. The minimum atomic E-state index is -0.788. The Morgan fingerprint density at radius 3 is 2.44 bits per heavy atom. The van der Waals surface area contributed by atoms with E-state index in [-0.39, 0.29) is 17.9 Å². The Bertz CT molecular complexity index is 311. The first kappa shape index (κ1) is 11.4. The van der Waals surface area contributed by atoms with Gasteiger partial charge in [0.05, 0.1) is 5.41 Å². The average Bonchev–Trinajstić information content (AvgIpc) is 2.46. The van der Waals surface area contributed by atoms with Gasteiger partial charge in [-0.05, 0) is 32.6 Å². The topological polar surface area (TPSA) is 66.4 Å². The third-order valence-corrected chi connectivity index (χ3v) is 4.24. The predicted octanol–water partition coefficient (Wildman–Crippen LogP) is 1.55. The number of rotatable bonds is 3. The number of amides is 1. The van der Waals surface area contributed by atoms with Crippen molar-refractivity contribution in [2.24, 2.45) is 11.3 Å². The van der Waals surface area contributed by atoms with Crippen LogP contribution in [0.25, 0.3) is 0 Å². The van der Waals surface area contributed by atoms with Crippen LogP contribution in [-0.4, -0.2) is 23.0 Å². The van der Waals surface area contributed by atoms with E-state index in [9.17, 15) is 14.7 Å². The number of carbonyl (C=O) groups is 2. The van der Waals surface area contributed by atoms with Gasteiger partial charge in [-0.25, -0.2) is 0 Å². The molecule has 0 saturated heterocycles. The van der Waals surface area contributed by atoms with Gasteiger partial charge in [-0.3, -0.25) is 9.59 Å². The Kier molecular flexibility index (Phi) is 2.91. The fraction of sp³-hybridized carbons (Fsp3) is 0.833. The van der Waals surface area contributed by atoms with Gasteiger partial charge >= 0.3 is 5.97 Å². The molecule has 0 aliphatic heterocycles. The monoisotopic (exact) mass is 225 g/mol. The zero-order valence-corrected chi connectivity index (χ0v) is 9.66. The van der Waals surface area contributed by atoms with Gasteiger partial charge in [0.1, 0.15) is 0 Å². The molecule has 2 atom stereocenters. The Morgan fingerprint density at radius 1 is 1.25 bits per heavy atom. The van der Waals surface area contributed by atoms with Crippen molar-refractivity contribution in [3.63, 3.8) is 0 Å². The van der Waals surface area contributed by atoms with Crippen LogP contribution in [0, 0.1) is 11.3 Å². The highest BCUT2D eigenvalue weighted by Gasteiger charge is 2.46. The molecular formula is C12H19NO3. The van der Waals surface area contributed by atoms with E-state index < -0.39 is 11.4 Å². The maximum atomic E-state index is 11.8. The molecule has 4 heteroatoms. The quantitative estimate of drug-likeness (QED) is 0.765. The Labute approximate surface area is 95.4 Å². The van der Waals surface area contributed by atoms with Crippen molar-refractivity contribution >= 4 is 11.9 Å². The molecular weight excluding hydrogens is 206 g/mol. The van der Waals surface area contributed by atoms with Crippen LogP contribution >= 0.6 is 0 Å². The van der Waals surface area contributed by atoms with E-state index >= 15 is 0 Å². The molecule has 2 fully saturated rings. The number of carboxylic acid groups (broad SMARTS) is 1. The van der Waals surface area contributed by atoms with Crippen molar-refractivity contribution < 1.29 is 14.7 Å². The highest BCUT2D eigenvalue weighted by molar-refractivity contribution is 5.82. The van der Waals surface area contributed by atoms with Crippen LogP contribution in [0.1, 0.15) is 45.4 Å². The molecule has 1 amide bonds. The normalized spacial score (nSPS) is 34.4. The van der Waals surface area contributed by atoms with Crippen molar-refractivity contribution in [3.05, 3.63) is 0 Å². The zero-order chi connectivity index (χ0) is 11.8. The molecule has 2 aliphatic carbocycles. The summed E-state index contributed by atoms with van der Waals surface area (Å²) in [5.74, 6) is -0.590. The van der Waals surface area contributed by atoms with Crippen LogP contribution in [0.2, 0.25) is 0 Å². The molecule has 2 N–H and O–H groups in total. The van der Waals surface area contributed by atoms with Crippen molar-refractivity contribution in [2.45, 2.75) is 51.5 Å². The lowest BCUT2D eigenvalue weighted by molar-refractivity contribution is -0.149. The maximum Gasteiger partial charge on any atom is 0.311 e. The van der Waals surface area contributed by atoms with Gasteiger partial charge in [0.25, 0.3) is 0 Å². The standard InChI is InChI=1S/C12H19NO3/c1-12(11(15)16)7-3-6-9(12)13-10(14)8-4-2-5-8/h8-9H,2-7H2,1H3,(H,13,14)(H,15,16). The lowest BCUT2D eigenvalue weighted by atomic mass is 9.82. The van der Waals surface area contributed by atoms with Crippen LogP contribution in [0.4, 0.5) is 0 Å². The number of nitrogens with one attached hydrogen (secondary N) is 1. The molecule has 0 spiro atoms. The SMILES string of the molecule is CC1(C(=O)O)CCCC1NC(=O)C1CCC1. The van der Waals surface area contributed by atoms with Crippen LogP contribution in [-0.2, 0) is 9.59 Å². The molecule has 0 radical (unpaired) electrons. The minimum absolute atomic E-state index is 0.0608. The second-order valence-corrected chi connectivity index (χ2v) is 5.30. The molecule has 4 nitrogen and oxygen atoms in total. The van der Waals surface area contributed by atoms with Crippen molar-refractivity contribution in [1.29, 1.82) is 0 Å². The second kappa shape index (κ2) is 4.07. The highest BCUT2D eigenvalue weighted by atomic mass is 16.4. The maximum absolute atomic E-state index is 11.8. The van der Waals surface area contributed by atoms with Crippen molar-refractivity contribution in [2.75, 3.05) is 0 Å². The van der Waals surface area contributed by atoms with Gasteiger partial charge in [0.15, 0.2) is 0 Å². The third-order valence-electron chi connectivity index (χ3n) is 4.24. The summed E-state index contributed by atoms with van der Waals surface area (Å²) in [6.45, 7) is 1.74. The first-order valence-electron chi connectivity index (χ1n) is 6.08. The number of carbonyl (C=O) groups excluding carboxylic acids is 1. The zero-order valence-electron chi connectivity index (χ0n) is 9.66. The summed E-state index contributed by atoms with van der Waals surface area (Å²) >= 11 is 0. The molecule has 0 aromatic heterocycles. The molecule has 0 bridgehead atoms. The van der Waals surface area contributed by atoms with E-state index in [0.29, 0.717) is 6.42 Å². The first-order chi connectivity index (χ1) is 7.54. The largest absolute Gasteiger partial charge is 0.481 e. The van der Waals surface area contributed by atoms with Gasteiger partial charge in [-0.1, -0.05) is 12.8 Å². The number of hydrogen-bond acceptors (Lipinski definition) is 2. The fourth-order valence-electron chi connectivity index (χ4n) is 2.61. The van der Waals surface area contributed by atoms with Gasteiger partial charge in [-0.2, -0.15) is 0 Å². The van der Waals surface area contributed by atoms with Crippen LogP contribution in [0.3, 0.4) is 0 Å². The molecule has 2 saturated carbocycles. The number of carboxylic acids is 1. The van der Waals surface area contributed by atoms with E-state index in [1.807, 2.05) is 0 Å². The first-order valence-corrected chi connectivity index (χ1v) is 6.08. The molecule has 0 aromatic carbocycles. The molecule has 2 rings (SSSR count). The van der Waals surface area contributed by atoms with E-state index in [1.165, 1.54) is 0 Å². The van der Waals surface area contributed by atoms with Gasteiger partial charge in [-0.15, -0.1) is 0 Å². The molecule has 0 heterocycles. The average molecular weight is 225 g/mol. The summed E-state index contributed by atoms with van der Waals surface area (Å²) in [4.78, 5) is 23.0. The Balaban J connectivity index is 1.98. The second-order valence-electron chi connectivity index (χ2n) is 5.30. The molecule has 16 heavy (non-hydrogen) atoms. The predicted molar refractivity (Wildman–Crippen MR) is 58.9 cm³/mol. The number of aliphatic carboxylic acids is 1. The lowest BCUT2D eigenvalue weighted by Crippen LogP contribution is -2.49. The fourth-order valence-corrected chi connectivity index (χ4v) is 2.61. The van der Waals surface area contributed by atoms with Crippen LogP contribution in [0.15, 0.2) is 0 Å². The number of hydrogen-bond donors (Lipinski definition) is 2. The molecule has 0 aromatic rings. The Morgan fingerprint density at radius 2 is 1.94 bits per heavy atom.